The molecule has 0 radical (unpaired) electrons. The summed E-state index contributed by atoms with van der Waals surface area (Å²) < 4.78 is 77.0. The zero-order valence-corrected chi connectivity index (χ0v) is 59.6. The molecular formula is C76H88F3N11O9. The number of aromatic nitrogens is 3. The number of fused-ring (bicyclic) bond motifs is 3. The highest BCUT2D eigenvalue weighted by Gasteiger charge is 2.44. The molecular weight excluding hydrogens is 1270 g/mol. The molecule has 3 aliphatic rings. The molecule has 0 saturated carbocycles. The quantitative estimate of drug-likeness (QED) is 0.0542. The molecule has 6 aromatic rings. The second-order valence-corrected chi connectivity index (χ2v) is 27.0. The maximum atomic E-state index is 14.2. The number of halogens is 3. The van der Waals surface area contributed by atoms with Crippen molar-refractivity contribution in [3.05, 3.63) is 106 Å². The molecule has 9 rings (SSSR count). The van der Waals surface area contributed by atoms with E-state index in [1.807, 2.05) is 121 Å². The van der Waals surface area contributed by atoms with Crippen LogP contribution in [-0.4, -0.2) is 159 Å². The Morgan fingerprint density at radius 1 is 0.495 bits per heavy atom. The van der Waals surface area contributed by atoms with Crippen molar-refractivity contribution >= 4 is 67.1 Å². The van der Waals surface area contributed by atoms with Crippen LogP contribution in [0.3, 0.4) is 0 Å². The summed E-state index contributed by atoms with van der Waals surface area (Å²) >= 11 is 0. The van der Waals surface area contributed by atoms with Gasteiger partial charge in [-0.1, -0.05) is 56.3 Å². The van der Waals surface area contributed by atoms with Gasteiger partial charge in [-0.05, 0) is 162 Å². The van der Waals surface area contributed by atoms with Gasteiger partial charge in [-0.25, -0.2) is 42.7 Å². The molecule has 522 valence electrons. The largest absolute Gasteiger partial charge is 0.508 e. The number of hydrogen-bond donors (Lipinski definition) is 3. The highest BCUT2D eigenvalue weighted by atomic mass is 19.1. The zero-order chi connectivity index (χ0) is 73.0. The van der Waals surface area contributed by atoms with E-state index in [0.29, 0.717) is 115 Å². The van der Waals surface area contributed by atoms with Crippen molar-refractivity contribution in [2.75, 3.05) is 62.2 Å². The van der Waals surface area contributed by atoms with Crippen LogP contribution < -0.4 is 44.4 Å². The number of benzene rings is 3. The normalized spacial score (nSPS) is 20.2. The molecule has 0 spiro atoms. The molecule has 3 N–H and O–H groups in total. The first-order chi connectivity index (χ1) is 46.8. The van der Waals surface area contributed by atoms with Crippen molar-refractivity contribution in [1.82, 2.24) is 40.7 Å². The van der Waals surface area contributed by atoms with Crippen LogP contribution in [0.2, 0.25) is 0 Å². The number of pyridine rings is 3. The van der Waals surface area contributed by atoms with Crippen LogP contribution in [0.1, 0.15) is 119 Å². The van der Waals surface area contributed by atoms with Crippen LogP contribution in [0.4, 0.5) is 30.2 Å². The smallest absolute Gasteiger partial charge is 0.255 e. The van der Waals surface area contributed by atoms with Crippen molar-refractivity contribution in [1.29, 1.82) is 0 Å². The van der Waals surface area contributed by atoms with E-state index in [1.54, 1.807) is 55.0 Å². The van der Waals surface area contributed by atoms with Gasteiger partial charge < -0.3 is 44.4 Å². The Bertz CT molecular complexity index is 4340. The zero-order valence-electron chi connectivity index (χ0n) is 59.6. The van der Waals surface area contributed by atoms with Gasteiger partial charge in [-0.3, -0.25) is 24.2 Å². The third-order valence-corrected chi connectivity index (χ3v) is 17.8. The van der Waals surface area contributed by atoms with Crippen molar-refractivity contribution < 1.29 is 56.0 Å². The molecule has 9 atom stereocenters. The first kappa shape index (κ1) is 76.3. The van der Waals surface area contributed by atoms with Crippen LogP contribution in [-0.2, 0) is 14.4 Å². The number of carbonyl (C=O) groups is 3. The minimum absolute atomic E-state index is 0.0798. The first-order valence-corrected chi connectivity index (χ1v) is 32.7. The Kier molecular flexibility index (Phi) is 25.1. The van der Waals surface area contributed by atoms with Gasteiger partial charge in [0, 0.05) is 74.6 Å². The minimum Gasteiger partial charge on any atom is -0.508 e. The lowest BCUT2D eigenvalue weighted by atomic mass is 9.96. The Balaban J connectivity index is 0.000000209. The summed E-state index contributed by atoms with van der Waals surface area (Å²) in [5, 5.41) is 12.0. The predicted molar refractivity (Wildman–Crippen MR) is 377 cm³/mol. The molecule has 3 aliphatic heterocycles. The van der Waals surface area contributed by atoms with E-state index in [2.05, 4.69) is 81.0 Å². The number of amides is 3. The number of nitrogens with one attached hydrogen (secondary N) is 3. The third-order valence-electron chi connectivity index (χ3n) is 17.8. The number of nitrogens with zero attached hydrogens (tertiary/aromatic N) is 8. The molecule has 0 bridgehead atoms. The standard InChI is InChI=1S/C27H33FN4O3.C25H29FN4O3.C24H26FN3O3/c1-9-18-22(31-25(33)24(18)28)15-34-26-20-13-23(35-16(2)3)21(29-6)12-19(20)17(14-30-26)10-11-27(4,5)32(7)8;1-8-16-20(29-23(31)22(16)26)14-33-24-18-12-21(32-7)19(27-4)11-17(18)15(13-28-24)9-10-25(2,3)30(5)6;1-7-15-19(28-22(29)21(15)25)13-31-23-17-11-20(30-6)18(26-5)10-16(17)14(12-27-23)8-9-24(2,3)4/h12-14,16,18,22,24H,9,15H2,1-5,7-8H3,(H,31,33);11-13,16,20,22H,8,14H2,1-3,5-7H3,(H,29,31);10-12,15,19,21H,7,13H2,1-4,6H3,(H,28,29)/t18-,22+,24-;16-,20+,22-;15-,19+,21-/m000/s1. The van der Waals surface area contributed by atoms with Crippen molar-refractivity contribution in [2.24, 2.45) is 23.2 Å². The molecule has 20 nitrogen and oxygen atoms in total. The van der Waals surface area contributed by atoms with Crippen LogP contribution in [0.25, 0.3) is 46.9 Å². The maximum absolute atomic E-state index is 14.2. The monoisotopic (exact) mass is 1360 g/mol. The second kappa shape index (κ2) is 32.5. The van der Waals surface area contributed by atoms with Crippen LogP contribution >= 0.6 is 0 Å². The van der Waals surface area contributed by atoms with Crippen LogP contribution in [0.15, 0.2) is 55.0 Å². The fourth-order valence-electron chi connectivity index (χ4n) is 11.0. The van der Waals surface area contributed by atoms with Gasteiger partial charge in [0.2, 0.25) is 34.7 Å². The summed E-state index contributed by atoms with van der Waals surface area (Å²) in [6.45, 7) is 46.3. The summed E-state index contributed by atoms with van der Waals surface area (Å²) in [6, 6.07) is 8.99. The van der Waals surface area contributed by atoms with E-state index in [9.17, 15) is 27.6 Å². The number of alkyl halides is 3. The Morgan fingerprint density at radius 2 is 0.788 bits per heavy atom. The van der Waals surface area contributed by atoms with Crippen molar-refractivity contribution in [2.45, 2.75) is 156 Å². The van der Waals surface area contributed by atoms with Gasteiger partial charge >= 0.3 is 0 Å². The molecule has 23 heteroatoms. The van der Waals surface area contributed by atoms with Gasteiger partial charge in [-0.2, -0.15) is 0 Å². The van der Waals surface area contributed by atoms with E-state index >= 15 is 0 Å². The molecule has 3 aromatic carbocycles. The summed E-state index contributed by atoms with van der Waals surface area (Å²) in [6.07, 6.45) is 1.66. The van der Waals surface area contributed by atoms with Crippen LogP contribution in [0, 0.1) is 78.4 Å². The van der Waals surface area contributed by atoms with E-state index in [1.165, 1.54) is 14.2 Å². The molecule has 0 unspecified atom stereocenters. The van der Waals surface area contributed by atoms with Gasteiger partial charge in [0.25, 0.3) is 17.7 Å². The fraction of sp³-hybridized carbons (Fsp3) is 0.487. The topological polar surface area (TPSA) is 201 Å². The van der Waals surface area contributed by atoms with E-state index in [0.717, 1.165) is 5.39 Å². The van der Waals surface area contributed by atoms with Crippen LogP contribution in [0.5, 0.6) is 34.9 Å². The van der Waals surface area contributed by atoms with E-state index in [4.69, 9.17) is 48.1 Å². The summed E-state index contributed by atoms with van der Waals surface area (Å²) in [4.78, 5) is 63.5. The molecule has 3 fully saturated rings. The van der Waals surface area contributed by atoms with E-state index < -0.39 is 72.1 Å². The number of rotatable bonds is 18. The third kappa shape index (κ3) is 18.0. The lowest BCUT2D eigenvalue weighted by molar-refractivity contribution is -0.124. The molecule has 99 heavy (non-hydrogen) atoms. The number of ether oxygens (including phenoxy) is 6. The Hall–Kier alpha value is -10.0. The number of hydrogen-bond acceptors (Lipinski definition) is 14. The lowest BCUT2D eigenvalue weighted by Gasteiger charge is -2.26. The van der Waals surface area contributed by atoms with Gasteiger partial charge in [0.1, 0.15) is 37.1 Å². The Labute approximate surface area is 579 Å². The number of methoxy groups -OCH3 is 2. The second-order valence-electron chi connectivity index (χ2n) is 27.0. The molecule has 3 aromatic heterocycles. The highest BCUT2D eigenvalue weighted by molar-refractivity contribution is 5.98. The summed E-state index contributed by atoms with van der Waals surface area (Å²) in [5.74, 6) is 18.3. The highest BCUT2D eigenvalue weighted by Crippen LogP contribution is 2.42. The molecule has 3 saturated heterocycles. The maximum Gasteiger partial charge on any atom is 0.255 e. The van der Waals surface area contributed by atoms with Crippen molar-refractivity contribution in [3.63, 3.8) is 0 Å². The van der Waals surface area contributed by atoms with Gasteiger partial charge in [0.05, 0.1) is 69.2 Å². The molecule has 3 amide bonds. The summed E-state index contributed by atoms with van der Waals surface area (Å²) in [5.41, 5.74) is 2.14. The SMILES string of the molecule is [C-]#[N+]c1cc2c(C#CC(C)(C)C)cnc(OC[C@H]3NC(=O)[C@@H](F)[C@H]3CC)c2cc1OC.[C-]#[N+]c1cc2c(C#CC(C)(C)N(C)C)cnc(OC[C@H]3NC(=O)[C@@H](F)[C@H]3CC)c2cc1OC.[C-]#[N+]c1cc2c(C#CC(C)(C)N(C)C)cnc(OC[C@H]3NC(=O)[C@@H](F)[C@H]3CC)c2cc1OC(C)C. The van der Waals surface area contributed by atoms with Gasteiger partial charge in [0.15, 0.2) is 18.5 Å². The lowest BCUT2D eigenvalue weighted by Crippen LogP contribution is -2.36. The molecule has 6 heterocycles. The molecule has 0 aliphatic carbocycles. The van der Waals surface area contributed by atoms with E-state index in [-0.39, 0.29) is 42.4 Å². The van der Waals surface area contributed by atoms with Gasteiger partial charge in [-0.15, -0.1) is 0 Å². The summed E-state index contributed by atoms with van der Waals surface area (Å²) in [7, 11) is 10.8. The Morgan fingerprint density at radius 3 is 1.05 bits per heavy atom. The predicted octanol–water partition coefficient (Wildman–Crippen LogP) is 12.7. The first-order valence-electron chi connectivity index (χ1n) is 32.7. The fourth-order valence-corrected chi connectivity index (χ4v) is 11.0. The average Bonchev–Trinajstić information content (AvgIpc) is 1.56. The van der Waals surface area contributed by atoms with Crippen molar-refractivity contribution in [3.8, 4) is 70.4 Å². The average molecular weight is 1360 g/mol. The minimum atomic E-state index is -1.54. The number of carbonyl (C=O) groups excluding carboxylic acids is 3.